The van der Waals surface area contributed by atoms with Crippen LogP contribution in [0, 0.1) is 18.8 Å². The molecule has 1 saturated heterocycles. The molecule has 1 aliphatic heterocycles. The van der Waals surface area contributed by atoms with Gasteiger partial charge in [-0.3, -0.25) is 9.48 Å². The van der Waals surface area contributed by atoms with Crippen molar-refractivity contribution in [1.82, 2.24) is 29.3 Å². The molecule has 0 aromatic carbocycles. The zero-order valence-corrected chi connectivity index (χ0v) is 24.7. The van der Waals surface area contributed by atoms with E-state index < -0.39 is 15.9 Å². The van der Waals surface area contributed by atoms with Crippen molar-refractivity contribution in [3.8, 4) is 11.7 Å². The zero-order chi connectivity index (χ0) is 28.7. The number of aryl methyl sites for hydroxylation is 2. The Morgan fingerprint density at radius 3 is 2.58 bits per heavy atom. The van der Waals surface area contributed by atoms with Crippen molar-refractivity contribution in [3.63, 3.8) is 0 Å². The zero-order valence-electron chi connectivity index (χ0n) is 23.9. The van der Waals surface area contributed by atoms with Gasteiger partial charge in [0.1, 0.15) is 10.7 Å². The Kier molecular flexibility index (Phi) is 7.64. The van der Waals surface area contributed by atoms with E-state index in [0.29, 0.717) is 42.3 Å². The van der Waals surface area contributed by atoms with Gasteiger partial charge in [0.15, 0.2) is 5.82 Å². The minimum atomic E-state index is -4.13. The molecule has 1 atom stereocenters. The van der Waals surface area contributed by atoms with Crippen LogP contribution in [0.2, 0.25) is 0 Å². The number of anilines is 1. The minimum absolute atomic E-state index is 0.0402. The summed E-state index contributed by atoms with van der Waals surface area (Å²) in [4.78, 5) is 20.4. The molecule has 1 amide bonds. The number of hydrogen-bond acceptors (Lipinski definition) is 8. The van der Waals surface area contributed by atoms with Crippen LogP contribution in [0.4, 0.5) is 5.82 Å². The first-order valence-electron chi connectivity index (χ1n) is 14.0. The Morgan fingerprint density at radius 1 is 1.18 bits per heavy atom. The maximum Gasteiger partial charge on any atom is 0.268 e. The maximum absolute atomic E-state index is 13.5. The number of pyridine rings is 1. The van der Waals surface area contributed by atoms with Crippen LogP contribution in [0.3, 0.4) is 0 Å². The van der Waals surface area contributed by atoms with Gasteiger partial charge in [0, 0.05) is 37.6 Å². The predicted molar refractivity (Wildman–Crippen MR) is 151 cm³/mol. The van der Waals surface area contributed by atoms with E-state index in [1.54, 1.807) is 43.0 Å². The minimum Gasteiger partial charge on any atom is -0.477 e. The van der Waals surface area contributed by atoms with Crippen molar-refractivity contribution in [2.75, 3.05) is 18.1 Å². The number of amides is 1. The molecule has 0 unspecified atom stereocenters. The van der Waals surface area contributed by atoms with Gasteiger partial charge in [0.05, 0.1) is 17.9 Å². The number of rotatable bonds is 9. The summed E-state index contributed by atoms with van der Waals surface area (Å²) >= 11 is 0. The van der Waals surface area contributed by atoms with Gasteiger partial charge in [-0.1, -0.05) is 32.6 Å². The third-order valence-electron chi connectivity index (χ3n) is 7.97. The fraction of sp³-hybridized carbons (Fsp3) is 0.571. The van der Waals surface area contributed by atoms with E-state index in [1.807, 2.05) is 0 Å². The van der Waals surface area contributed by atoms with Crippen LogP contribution in [0.15, 0.2) is 35.5 Å². The van der Waals surface area contributed by atoms with E-state index in [1.165, 1.54) is 36.6 Å². The molecule has 5 rings (SSSR count). The molecular weight excluding hydrogens is 530 g/mol. The number of nitrogens with zero attached hydrogens (tertiary/aromatic N) is 6. The van der Waals surface area contributed by atoms with Crippen molar-refractivity contribution in [2.24, 2.45) is 18.9 Å². The molecule has 0 bridgehead atoms. The summed E-state index contributed by atoms with van der Waals surface area (Å²) < 4.78 is 37.3. The molecule has 12 heteroatoms. The molecule has 4 heterocycles. The van der Waals surface area contributed by atoms with Gasteiger partial charge in [-0.25, -0.2) is 22.8 Å². The standard InChI is InChI=1S/C28H39N7O4S/c1-19-16-28(3,4)34(17-19)26-22(27(36)32-40(37,38)23-18-33(5)30-20(23)2)10-11-24(29-26)35-14-12-25(31-35)39-15-13-21-8-6-7-9-21/h10-12,14,18-19,21H,6-9,13,15-17H2,1-5H3,(H,32,36)/t19-/m0/s1. The fourth-order valence-corrected chi connectivity index (χ4v) is 7.31. The monoisotopic (exact) mass is 569 g/mol. The molecule has 216 valence electrons. The number of aromatic nitrogens is 5. The topological polar surface area (TPSA) is 124 Å². The molecule has 2 fully saturated rings. The van der Waals surface area contributed by atoms with Gasteiger partial charge in [-0.05, 0) is 57.6 Å². The molecule has 1 aliphatic carbocycles. The summed E-state index contributed by atoms with van der Waals surface area (Å²) in [6.45, 7) is 9.27. The summed E-state index contributed by atoms with van der Waals surface area (Å²) in [5.41, 5.74) is 0.208. The summed E-state index contributed by atoms with van der Waals surface area (Å²) in [5, 5.41) is 8.65. The van der Waals surface area contributed by atoms with E-state index in [2.05, 4.69) is 40.6 Å². The SMILES string of the molecule is Cc1nn(C)cc1S(=O)(=O)NC(=O)c1ccc(-n2ccc(OCCC3CCCC3)n2)nc1N1C[C@@H](C)CC1(C)C. The number of ether oxygens (including phenoxy) is 1. The lowest BCUT2D eigenvalue weighted by molar-refractivity contribution is 0.0981. The Balaban J connectivity index is 1.42. The first-order chi connectivity index (χ1) is 18.9. The molecule has 2 aliphatic rings. The number of carbonyl (C=O) groups excluding carboxylic acids is 1. The Bertz CT molecular complexity index is 1490. The van der Waals surface area contributed by atoms with E-state index >= 15 is 0 Å². The molecule has 3 aromatic rings. The lowest BCUT2D eigenvalue weighted by Gasteiger charge is -2.34. The van der Waals surface area contributed by atoms with E-state index in [9.17, 15) is 13.2 Å². The predicted octanol–water partition coefficient (Wildman–Crippen LogP) is 4.01. The van der Waals surface area contributed by atoms with Gasteiger partial charge < -0.3 is 9.64 Å². The van der Waals surface area contributed by atoms with Gasteiger partial charge >= 0.3 is 0 Å². The third kappa shape index (κ3) is 5.86. The maximum atomic E-state index is 13.5. The first kappa shape index (κ1) is 28.1. The smallest absolute Gasteiger partial charge is 0.268 e. The highest BCUT2D eigenvalue weighted by Crippen LogP contribution is 2.38. The number of hydrogen-bond donors (Lipinski definition) is 1. The molecule has 40 heavy (non-hydrogen) atoms. The van der Waals surface area contributed by atoms with Crippen LogP contribution in [0.5, 0.6) is 5.88 Å². The largest absolute Gasteiger partial charge is 0.477 e. The Hall–Kier alpha value is -3.41. The lowest BCUT2D eigenvalue weighted by atomic mass is 9.97. The number of nitrogens with one attached hydrogen (secondary N) is 1. The summed E-state index contributed by atoms with van der Waals surface area (Å²) in [7, 11) is -2.50. The summed E-state index contributed by atoms with van der Waals surface area (Å²) in [6.07, 6.45) is 10.3. The van der Waals surface area contributed by atoms with Crippen LogP contribution in [-0.2, 0) is 17.1 Å². The van der Waals surface area contributed by atoms with Crippen molar-refractivity contribution in [1.29, 1.82) is 0 Å². The number of sulfonamides is 1. The van der Waals surface area contributed by atoms with Crippen LogP contribution >= 0.6 is 0 Å². The second kappa shape index (κ2) is 10.9. The third-order valence-corrected chi connectivity index (χ3v) is 9.40. The van der Waals surface area contributed by atoms with Crippen molar-refractivity contribution >= 4 is 21.7 Å². The Morgan fingerprint density at radius 2 is 1.93 bits per heavy atom. The van der Waals surface area contributed by atoms with Crippen LogP contribution in [0.1, 0.15) is 75.3 Å². The molecular formula is C28H39N7O4S. The van der Waals surface area contributed by atoms with Crippen molar-refractivity contribution < 1.29 is 17.9 Å². The average Bonchev–Trinajstić information content (AvgIpc) is 3.66. The summed E-state index contributed by atoms with van der Waals surface area (Å²) in [6, 6.07) is 5.09. The molecule has 1 N–H and O–H groups in total. The molecule has 0 spiro atoms. The van der Waals surface area contributed by atoms with Crippen LogP contribution in [0.25, 0.3) is 5.82 Å². The van der Waals surface area contributed by atoms with Gasteiger partial charge in [0.25, 0.3) is 15.9 Å². The highest BCUT2D eigenvalue weighted by Gasteiger charge is 2.39. The normalized spacial score (nSPS) is 19.3. The van der Waals surface area contributed by atoms with Crippen LogP contribution < -0.4 is 14.4 Å². The summed E-state index contributed by atoms with van der Waals surface area (Å²) in [5.74, 6) is 1.82. The van der Waals surface area contributed by atoms with E-state index in [-0.39, 0.29) is 16.0 Å². The van der Waals surface area contributed by atoms with Crippen molar-refractivity contribution in [3.05, 3.63) is 41.9 Å². The molecule has 11 nitrogen and oxygen atoms in total. The molecule has 0 radical (unpaired) electrons. The van der Waals surface area contributed by atoms with Crippen LogP contribution in [-0.4, -0.2) is 57.6 Å². The lowest BCUT2D eigenvalue weighted by Crippen LogP contribution is -2.41. The van der Waals surface area contributed by atoms with Crippen molar-refractivity contribution in [2.45, 2.75) is 76.7 Å². The second-order valence-electron chi connectivity index (χ2n) is 11.8. The van der Waals surface area contributed by atoms with E-state index in [0.717, 1.165) is 18.8 Å². The average molecular weight is 570 g/mol. The van der Waals surface area contributed by atoms with Gasteiger partial charge in [-0.15, -0.1) is 5.10 Å². The quantitative estimate of drug-likeness (QED) is 0.410. The highest BCUT2D eigenvalue weighted by molar-refractivity contribution is 7.90. The fourth-order valence-electron chi connectivity index (χ4n) is 6.12. The van der Waals surface area contributed by atoms with E-state index in [4.69, 9.17) is 9.72 Å². The number of carbonyl (C=O) groups is 1. The molecule has 3 aromatic heterocycles. The van der Waals surface area contributed by atoms with Gasteiger partial charge in [-0.2, -0.15) is 5.10 Å². The Labute approximate surface area is 236 Å². The first-order valence-corrected chi connectivity index (χ1v) is 15.5. The van der Waals surface area contributed by atoms with Gasteiger partial charge in [0.2, 0.25) is 5.88 Å². The second-order valence-corrected chi connectivity index (χ2v) is 13.5. The molecule has 1 saturated carbocycles. The highest BCUT2D eigenvalue weighted by atomic mass is 32.2.